The van der Waals surface area contributed by atoms with Gasteiger partial charge in [0.05, 0.1) is 0 Å². The summed E-state index contributed by atoms with van der Waals surface area (Å²) in [5.74, 6) is 1.38. The number of hydrogen-bond donors (Lipinski definition) is 1. The lowest BCUT2D eigenvalue weighted by molar-refractivity contribution is 0.366. The molecule has 1 heterocycles. The summed E-state index contributed by atoms with van der Waals surface area (Å²) in [5, 5.41) is 9.77. The SMILES string of the molecule is CC(C)C1=C(O)N=C2CCCCC2C1. The lowest BCUT2D eigenvalue weighted by Crippen LogP contribution is -2.24. The Balaban J connectivity index is 2.24. The van der Waals surface area contributed by atoms with Gasteiger partial charge in [-0.2, -0.15) is 0 Å². The molecule has 78 valence electrons. The minimum absolute atomic E-state index is 0.313. The first-order chi connectivity index (χ1) is 6.68. The van der Waals surface area contributed by atoms with E-state index >= 15 is 0 Å². The maximum Gasteiger partial charge on any atom is 0.210 e. The van der Waals surface area contributed by atoms with Crippen molar-refractivity contribution in [2.24, 2.45) is 16.8 Å². The molecule has 0 bridgehead atoms. The molecule has 1 saturated carbocycles. The first-order valence-electron chi connectivity index (χ1n) is 5.68. The van der Waals surface area contributed by atoms with Crippen molar-refractivity contribution in [2.45, 2.75) is 46.0 Å². The molecule has 14 heavy (non-hydrogen) atoms. The molecule has 2 nitrogen and oxygen atoms in total. The molecule has 1 aliphatic heterocycles. The molecule has 1 N–H and O–H groups in total. The minimum atomic E-state index is 0.313. The quantitative estimate of drug-likeness (QED) is 0.679. The van der Waals surface area contributed by atoms with Crippen LogP contribution in [-0.4, -0.2) is 10.8 Å². The highest BCUT2D eigenvalue weighted by atomic mass is 16.3. The molecule has 1 fully saturated rings. The van der Waals surface area contributed by atoms with E-state index in [1.54, 1.807) is 0 Å². The third kappa shape index (κ3) is 1.70. The Morgan fingerprint density at radius 3 is 2.86 bits per heavy atom. The molecule has 2 aliphatic rings. The largest absolute Gasteiger partial charge is 0.493 e. The number of allylic oxidation sites excluding steroid dienone is 1. The van der Waals surface area contributed by atoms with Crippen LogP contribution in [0.4, 0.5) is 0 Å². The standard InChI is InChI=1S/C12H19NO/c1-8(2)10-7-9-5-3-4-6-11(9)13-12(10)14/h8-9,14H,3-7H2,1-2H3. The molecule has 2 heteroatoms. The summed E-state index contributed by atoms with van der Waals surface area (Å²) in [6, 6.07) is 0. The monoisotopic (exact) mass is 193 g/mol. The van der Waals surface area contributed by atoms with Crippen LogP contribution in [0.1, 0.15) is 46.0 Å². The van der Waals surface area contributed by atoms with Crippen molar-refractivity contribution in [1.29, 1.82) is 0 Å². The molecule has 0 amide bonds. The summed E-state index contributed by atoms with van der Waals surface area (Å²) in [7, 11) is 0. The highest BCUT2D eigenvalue weighted by Gasteiger charge is 2.27. The summed E-state index contributed by atoms with van der Waals surface area (Å²) >= 11 is 0. The minimum Gasteiger partial charge on any atom is -0.493 e. The van der Waals surface area contributed by atoms with E-state index in [9.17, 15) is 5.11 Å². The fourth-order valence-electron chi connectivity index (χ4n) is 2.49. The van der Waals surface area contributed by atoms with Crippen LogP contribution in [0.2, 0.25) is 0 Å². The van der Waals surface area contributed by atoms with Crippen molar-refractivity contribution < 1.29 is 5.11 Å². The number of nitrogens with zero attached hydrogens (tertiary/aromatic N) is 1. The van der Waals surface area contributed by atoms with Crippen LogP contribution in [0.25, 0.3) is 0 Å². The number of aliphatic imine (C=N–C) groups is 1. The molecule has 0 aromatic rings. The van der Waals surface area contributed by atoms with Crippen molar-refractivity contribution in [2.75, 3.05) is 0 Å². The molecular formula is C12H19NO. The van der Waals surface area contributed by atoms with E-state index in [4.69, 9.17) is 0 Å². The molecule has 2 rings (SSSR count). The zero-order valence-corrected chi connectivity index (χ0v) is 9.08. The van der Waals surface area contributed by atoms with Crippen LogP contribution in [-0.2, 0) is 0 Å². The van der Waals surface area contributed by atoms with Gasteiger partial charge < -0.3 is 5.11 Å². The maximum absolute atomic E-state index is 9.77. The summed E-state index contributed by atoms with van der Waals surface area (Å²) in [6.45, 7) is 4.27. The van der Waals surface area contributed by atoms with E-state index < -0.39 is 0 Å². The average Bonchev–Trinajstić information content (AvgIpc) is 2.16. The van der Waals surface area contributed by atoms with Crippen LogP contribution < -0.4 is 0 Å². The molecule has 1 atom stereocenters. The number of aliphatic hydroxyl groups is 1. The fraction of sp³-hybridized carbons (Fsp3) is 0.750. The van der Waals surface area contributed by atoms with Gasteiger partial charge in [-0.15, -0.1) is 0 Å². The summed E-state index contributed by atoms with van der Waals surface area (Å²) in [5.41, 5.74) is 2.40. The predicted octanol–water partition coefficient (Wildman–Crippen LogP) is 3.45. The first kappa shape index (κ1) is 9.75. The van der Waals surface area contributed by atoms with Crippen molar-refractivity contribution >= 4 is 5.71 Å². The van der Waals surface area contributed by atoms with Crippen LogP contribution >= 0.6 is 0 Å². The molecule has 1 unspecified atom stereocenters. The second kappa shape index (κ2) is 3.76. The van der Waals surface area contributed by atoms with E-state index in [0.717, 1.165) is 18.4 Å². The Morgan fingerprint density at radius 2 is 2.14 bits per heavy atom. The second-order valence-corrected chi connectivity index (χ2v) is 4.75. The van der Waals surface area contributed by atoms with Gasteiger partial charge in [-0.3, -0.25) is 0 Å². The van der Waals surface area contributed by atoms with E-state index in [1.807, 2.05) is 0 Å². The summed E-state index contributed by atoms with van der Waals surface area (Å²) in [4.78, 5) is 4.36. The number of aliphatic hydroxyl groups excluding tert-OH is 1. The van der Waals surface area contributed by atoms with Gasteiger partial charge in [-0.1, -0.05) is 20.3 Å². The van der Waals surface area contributed by atoms with Crippen LogP contribution in [0.5, 0.6) is 0 Å². The average molecular weight is 193 g/mol. The Bertz CT molecular complexity index is 289. The van der Waals surface area contributed by atoms with E-state index in [1.165, 1.54) is 25.0 Å². The Kier molecular flexibility index (Phi) is 2.62. The topological polar surface area (TPSA) is 32.6 Å². The zero-order valence-electron chi connectivity index (χ0n) is 9.08. The van der Waals surface area contributed by atoms with Crippen molar-refractivity contribution in [3.8, 4) is 0 Å². The lowest BCUT2D eigenvalue weighted by Gasteiger charge is -2.29. The molecule has 1 aliphatic carbocycles. The van der Waals surface area contributed by atoms with Gasteiger partial charge in [-0.05, 0) is 37.2 Å². The lowest BCUT2D eigenvalue weighted by atomic mass is 9.79. The Labute approximate surface area is 85.7 Å². The number of rotatable bonds is 1. The van der Waals surface area contributed by atoms with Crippen molar-refractivity contribution in [3.05, 3.63) is 11.5 Å². The second-order valence-electron chi connectivity index (χ2n) is 4.75. The van der Waals surface area contributed by atoms with E-state index in [-0.39, 0.29) is 0 Å². The van der Waals surface area contributed by atoms with E-state index in [2.05, 4.69) is 18.8 Å². The van der Waals surface area contributed by atoms with Gasteiger partial charge in [0.2, 0.25) is 5.88 Å². The molecule has 0 aromatic heterocycles. The zero-order chi connectivity index (χ0) is 10.1. The van der Waals surface area contributed by atoms with E-state index in [0.29, 0.717) is 17.7 Å². The van der Waals surface area contributed by atoms with Gasteiger partial charge in [0.25, 0.3) is 0 Å². The maximum atomic E-state index is 9.77. The van der Waals surface area contributed by atoms with Crippen LogP contribution in [0.3, 0.4) is 0 Å². The van der Waals surface area contributed by atoms with Crippen LogP contribution in [0, 0.1) is 11.8 Å². The third-order valence-corrected chi connectivity index (χ3v) is 3.41. The normalized spacial score (nSPS) is 27.6. The van der Waals surface area contributed by atoms with Gasteiger partial charge in [-0.25, -0.2) is 4.99 Å². The van der Waals surface area contributed by atoms with Gasteiger partial charge in [0.1, 0.15) is 0 Å². The van der Waals surface area contributed by atoms with Crippen molar-refractivity contribution in [3.63, 3.8) is 0 Å². The molecule has 0 saturated heterocycles. The smallest absolute Gasteiger partial charge is 0.210 e. The highest BCUT2D eigenvalue weighted by molar-refractivity contribution is 5.89. The molecule has 0 aromatic carbocycles. The van der Waals surface area contributed by atoms with Crippen LogP contribution in [0.15, 0.2) is 16.4 Å². The number of hydrogen-bond acceptors (Lipinski definition) is 2. The summed E-state index contributed by atoms with van der Waals surface area (Å²) < 4.78 is 0. The Hall–Kier alpha value is -0.790. The molecule has 0 spiro atoms. The van der Waals surface area contributed by atoms with Gasteiger partial charge in [0.15, 0.2) is 0 Å². The van der Waals surface area contributed by atoms with Gasteiger partial charge in [0, 0.05) is 11.6 Å². The fourth-order valence-corrected chi connectivity index (χ4v) is 2.49. The molecular weight excluding hydrogens is 174 g/mol. The molecule has 0 radical (unpaired) electrons. The third-order valence-electron chi connectivity index (χ3n) is 3.41. The predicted molar refractivity (Wildman–Crippen MR) is 58.5 cm³/mol. The summed E-state index contributed by atoms with van der Waals surface area (Å²) in [6.07, 6.45) is 5.99. The van der Waals surface area contributed by atoms with Crippen molar-refractivity contribution in [1.82, 2.24) is 0 Å². The number of fused-ring (bicyclic) bond motifs is 1. The van der Waals surface area contributed by atoms with Gasteiger partial charge >= 0.3 is 0 Å². The Morgan fingerprint density at radius 1 is 1.36 bits per heavy atom. The first-order valence-corrected chi connectivity index (χ1v) is 5.68. The highest BCUT2D eigenvalue weighted by Crippen LogP contribution is 2.35.